The molecule has 7 heteroatoms. The van der Waals surface area contributed by atoms with Crippen molar-refractivity contribution < 1.29 is 13.6 Å². The van der Waals surface area contributed by atoms with Gasteiger partial charge in [-0.25, -0.2) is 13.8 Å². The number of aryl methyl sites for hydroxylation is 1. The maximum Gasteiger partial charge on any atom is 0.230 e. The third-order valence-corrected chi connectivity index (χ3v) is 5.71. The number of benzene rings is 2. The third kappa shape index (κ3) is 4.86. The third-order valence-electron chi connectivity index (χ3n) is 4.84. The molecule has 2 aromatic carbocycles. The van der Waals surface area contributed by atoms with Gasteiger partial charge in [-0.15, -0.1) is 11.3 Å². The van der Waals surface area contributed by atoms with Crippen LogP contribution in [0.2, 0.25) is 0 Å². The van der Waals surface area contributed by atoms with Crippen LogP contribution in [0.5, 0.6) is 0 Å². The van der Waals surface area contributed by atoms with Gasteiger partial charge in [0.2, 0.25) is 5.91 Å². The van der Waals surface area contributed by atoms with Crippen LogP contribution in [0.25, 0.3) is 0 Å². The first-order valence-corrected chi connectivity index (χ1v) is 10.1. The van der Waals surface area contributed by atoms with Crippen molar-refractivity contribution in [2.75, 3.05) is 11.9 Å². The summed E-state index contributed by atoms with van der Waals surface area (Å²) in [4.78, 5) is 20.4. The van der Waals surface area contributed by atoms with Crippen LogP contribution in [0.3, 0.4) is 0 Å². The zero-order chi connectivity index (χ0) is 21.1. The lowest BCUT2D eigenvalue weighted by molar-refractivity contribution is -0.115. The van der Waals surface area contributed by atoms with Crippen molar-refractivity contribution in [3.05, 3.63) is 76.3 Å². The van der Waals surface area contributed by atoms with E-state index in [0.29, 0.717) is 17.2 Å². The maximum atomic E-state index is 13.5. The fraction of sp³-hybridized carbons (Fsp3) is 0.273. The monoisotopic (exact) mass is 415 g/mol. The van der Waals surface area contributed by atoms with Gasteiger partial charge in [0.05, 0.1) is 11.4 Å². The van der Waals surface area contributed by atoms with Gasteiger partial charge in [0.1, 0.15) is 0 Å². The van der Waals surface area contributed by atoms with Crippen molar-refractivity contribution in [3.8, 4) is 0 Å². The first-order chi connectivity index (χ1) is 13.8. The van der Waals surface area contributed by atoms with Crippen molar-refractivity contribution in [1.29, 1.82) is 0 Å². The molecule has 29 heavy (non-hydrogen) atoms. The van der Waals surface area contributed by atoms with Crippen LogP contribution in [-0.4, -0.2) is 22.8 Å². The van der Waals surface area contributed by atoms with Crippen LogP contribution in [0.1, 0.15) is 36.7 Å². The first kappa shape index (κ1) is 21.1. The Balaban J connectivity index is 1.76. The van der Waals surface area contributed by atoms with E-state index in [2.05, 4.69) is 4.98 Å². The molecule has 0 spiro atoms. The predicted molar refractivity (Wildman–Crippen MR) is 112 cm³/mol. The van der Waals surface area contributed by atoms with Crippen molar-refractivity contribution in [1.82, 2.24) is 9.88 Å². The largest absolute Gasteiger partial charge is 0.294 e. The summed E-state index contributed by atoms with van der Waals surface area (Å²) in [7, 11) is 1.90. The quantitative estimate of drug-likeness (QED) is 0.525. The molecular weight excluding hydrogens is 392 g/mol. The van der Waals surface area contributed by atoms with Crippen LogP contribution in [-0.2, 0) is 11.3 Å². The molecule has 0 N–H and O–H groups in total. The van der Waals surface area contributed by atoms with Gasteiger partial charge < -0.3 is 0 Å². The molecule has 0 aliphatic rings. The second-order valence-corrected chi connectivity index (χ2v) is 7.91. The van der Waals surface area contributed by atoms with Crippen molar-refractivity contribution in [2.24, 2.45) is 0 Å². The number of rotatable bonds is 6. The van der Waals surface area contributed by atoms with E-state index in [4.69, 9.17) is 0 Å². The molecule has 0 saturated heterocycles. The highest BCUT2D eigenvalue weighted by atomic mass is 32.1. The summed E-state index contributed by atoms with van der Waals surface area (Å²) < 4.78 is 26.7. The molecule has 0 saturated carbocycles. The normalized spacial score (nSPS) is 12.2. The van der Waals surface area contributed by atoms with E-state index in [1.54, 1.807) is 11.0 Å². The van der Waals surface area contributed by atoms with E-state index < -0.39 is 11.6 Å². The Morgan fingerprint density at radius 1 is 1.14 bits per heavy atom. The minimum atomic E-state index is -0.854. The zero-order valence-electron chi connectivity index (χ0n) is 16.8. The molecule has 3 rings (SSSR count). The molecule has 4 nitrogen and oxygen atoms in total. The topological polar surface area (TPSA) is 36.4 Å². The number of anilines is 2. The van der Waals surface area contributed by atoms with Gasteiger partial charge in [0.15, 0.2) is 16.8 Å². The molecule has 0 radical (unpaired) electrons. The van der Waals surface area contributed by atoms with Crippen molar-refractivity contribution in [3.63, 3.8) is 0 Å². The Labute approximate surface area is 173 Å². The van der Waals surface area contributed by atoms with Crippen molar-refractivity contribution in [2.45, 2.75) is 33.4 Å². The average Bonchev–Trinajstić information content (AvgIpc) is 3.12. The van der Waals surface area contributed by atoms with Gasteiger partial charge in [0.25, 0.3) is 0 Å². The minimum Gasteiger partial charge on any atom is -0.294 e. The average molecular weight is 416 g/mol. The minimum absolute atomic E-state index is 0.113. The maximum absolute atomic E-state index is 13.5. The number of nitrogens with zero attached hydrogens (tertiary/aromatic N) is 3. The van der Waals surface area contributed by atoms with Gasteiger partial charge in [-0.05, 0) is 50.7 Å². The lowest BCUT2D eigenvalue weighted by Gasteiger charge is -2.24. The molecule has 0 aliphatic heterocycles. The molecule has 1 atom stereocenters. The summed E-state index contributed by atoms with van der Waals surface area (Å²) in [6.45, 7) is 5.94. The predicted octanol–water partition coefficient (Wildman–Crippen LogP) is 5.61. The summed E-state index contributed by atoms with van der Waals surface area (Å²) in [5.74, 6) is -1.82. The Bertz CT molecular complexity index is 1000. The molecule has 0 bridgehead atoms. The summed E-state index contributed by atoms with van der Waals surface area (Å²) in [6, 6.07) is 11.5. The number of amides is 1. The van der Waals surface area contributed by atoms with E-state index in [9.17, 15) is 13.6 Å². The smallest absolute Gasteiger partial charge is 0.230 e. The van der Waals surface area contributed by atoms with E-state index in [0.717, 1.165) is 23.0 Å². The number of hydrogen-bond donors (Lipinski definition) is 0. The van der Waals surface area contributed by atoms with Gasteiger partial charge in [-0.2, -0.15) is 0 Å². The van der Waals surface area contributed by atoms with Gasteiger partial charge in [-0.3, -0.25) is 14.6 Å². The van der Waals surface area contributed by atoms with Crippen LogP contribution in [0.4, 0.5) is 19.6 Å². The molecule has 1 amide bonds. The molecule has 0 aliphatic carbocycles. The Morgan fingerprint density at radius 2 is 1.83 bits per heavy atom. The SMILES string of the molecule is CC(=O)N(c1ccc(C)cc1)c1nc(CN(C)C(C)c2ccc(F)c(F)c2)cs1. The molecule has 1 unspecified atom stereocenters. The Morgan fingerprint density at radius 3 is 2.45 bits per heavy atom. The van der Waals surface area contributed by atoms with Gasteiger partial charge >= 0.3 is 0 Å². The van der Waals surface area contributed by atoms with E-state index in [-0.39, 0.29) is 11.9 Å². The van der Waals surface area contributed by atoms with E-state index >= 15 is 0 Å². The van der Waals surface area contributed by atoms with E-state index in [1.807, 2.05) is 55.4 Å². The molecule has 0 fully saturated rings. The number of aromatic nitrogens is 1. The first-order valence-electron chi connectivity index (χ1n) is 9.23. The fourth-order valence-corrected chi connectivity index (χ4v) is 3.89. The van der Waals surface area contributed by atoms with Crippen LogP contribution < -0.4 is 4.90 Å². The number of halogens is 2. The highest BCUT2D eigenvalue weighted by molar-refractivity contribution is 7.14. The molecular formula is C22H23F2N3OS. The summed E-state index contributed by atoms with van der Waals surface area (Å²) in [6.07, 6.45) is 0. The molecule has 152 valence electrons. The fourth-order valence-electron chi connectivity index (χ4n) is 3.01. The highest BCUT2D eigenvalue weighted by Crippen LogP contribution is 2.30. The molecule has 1 aromatic heterocycles. The second kappa shape index (κ2) is 8.80. The van der Waals surface area contributed by atoms with Crippen LogP contribution in [0.15, 0.2) is 47.8 Å². The Hall–Kier alpha value is -2.64. The summed E-state index contributed by atoms with van der Waals surface area (Å²) in [5.41, 5.74) is 3.38. The lowest BCUT2D eigenvalue weighted by Crippen LogP contribution is -2.24. The van der Waals surface area contributed by atoms with Crippen LogP contribution in [0, 0.1) is 18.6 Å². The zero-order valence-corrected chi connectivity index (χ0v) is 17.6. The highest BCUT2D eigenvalue weighted by Gasteiger charge is 2.20. The number of hydrogen-bond acceptors (Lipinski definition) is 4. The second-order valence-electron chi connectivity index (χ2n) is 7.08. The van der Waals surface area contributed by atoms with Gasteiger partial charge in [-0.1, -0.05) is 23.8 Å². The van der Waals surface area contributed by atoms with Gasteiger partial charge in [0, 0.05) is 24.9 Å². The number of thiazole rings is 1. The lowest BCUT2D eigenvalue weighted by atomic mass is 10.1. The molecule has 3 aromatic rings. The summed E-state index contributed by atoms with van der Waals surface area (Å²) in [5, 5.41) is 2.51. The molecule has 1 heterocycles. The summed E-state index contributed by atoms with van der Waals surface area (Å²) >= 11 is 1.40. The van der Waals surface area contributed by atoms with Crippen LogP contribution >= 0.6 is 11.3 Å². The number of carbonyl (C=O) groups is 1. The Kier molecular flexibility index (Phi) is 6.39. The van der Waals surface area contributed by atoms with E-state index in [1.165, 1.54) is 24.3 Å². The van der Waals surface area contributed by atoms with Crippen molar-refractivity contribution >= 4 is 28.1 Å². The number of carbonyl (C=O) groups excluding carboxylic acids is 1. The standard InChI is InChI=1S/C22H23F2N3OS/c1-14-5-8-19(9-6-14)27(16(3)28)22-25-18(13-29-22)12-26(4)15(2)17-7-10-20(23)21(24)11-17/h5-11,13,15H,12H2,1-4H3.